The van der Waals surface area contributed by atoms with Crippen LogP contribution in [0.3, 0.4) is 0 Å². The number of Topliss-reactive ketones (excluding diaryl/α,β-unsaturated/α-hetero) is 1. The molecule has 1 aromatic carbocycles. The van der Waals surface area contributed by atoms with E-state index < -0.39 is 5.38 Å². The molecule has 0 heterocycles. The summed E-state index contributed by atoms with van der Waals surface area (Å²) in [6.45, 7) is 1.64. The minimum Gasteiger partial charge on any atom is -0.398 e. The van der Waals surface area contributed by atoms with Gasteiger partial charge in [-0.15, -0.1) is 23.4 Å². The van der Waals surface area contributed by atoms with Crippen molar-refractivity contribution in [1.82, 2.24) is 0 Å². The SMILES string of the molecule is CSc1ccc(C(=O)C(C)Cl)c(N)c1. The zero-order valence-corrected chi connectivity index (χ0v) is 9.65. The van der Waals surface area contributed by atoms with Crippen LogP contribution < -0.4 is 5.73 Å². The molecular weight excluding hydrogens is 218 g/mol. The van der Waals surface area contributed by atoms with Crippen LogP contribution in [0.15, 0.2) is 23.1 Å². The second-order valence-corrected chi connectivity index (χ2v) is 4.47. The highest BCUT2D eigenvalue weighted by atomic mass is 35.5. The lowest BCUT2D eigenvalue weighted by atomic mass is 10.1. The number of hydrogen-bond donors (Lipinski definition) is 1. The maximum atomic E-state index is 11.5. The van der Waals surface area contributed by atoms with Crippen LogP contribution in [0.5, 0.6) is 0 Å². The van der Waals surface area contributed by atoms with Crippen molar-refractivity contribution in [2.24, 2.45) is 0 Å². The van der Waals surface area contributed by atoms with Crippen LogP contribution in [0.4, 0.5) is 5.69 Å². The van der Waals surface area contributed by atoms with Gasteiger partial charge in [-0.1, -0.05) is 0 Å². The van der Waals surface area contributed by atoms with Gasteiger partial charge in [-0.25, -0.2) is 0 Å². The third kappa shape index (κ3) is 2.42. The van der Waals surface area contributed by atoms with Gasteiger partial charge < -0.3 is 5.73 Å². The summed E-state index contributed by atoms with van der Waals surface area (Å²) in [6, 6.07) is 5.38. The van der Waals surface area contributed by atoms with E-state index in [0.717, 1.165) is 4.90 Å². The van der Waals surface area contributed by atoms with Crippen molar-refractivity contribution in [3.63, 3.8) is 0 Å². The van der Waals surface area contributed by atoms with Crippen LogP contribution in [0, 0.1) is 0 Å². The van der Waals surface area contributed by atoms with E-state index in [1.165, 1.54) is 0 Å². The highest BCUT2D eigenvalue weighted by molar-refractivity contribution is 7.98. The van der Waals surface area contributed by atoms with Gasteiger partial charge in [-0.3, -0.25) is 4.79 Å². The fourth-order valence-corrected chi connectivity index (χ4v) is 1.67. The molecule has 0 aliphatic heterocycles. The monoisotopic (exact) mass is 229 g/mol. The molecule has 0 aliphatic carbocycles. The minimum atomic E-state index is -0.530. The average Bonchev–Trinajstić information content (AvgIpc) is 2.16. The lowest BCUT2D eigenvalue weighted by Crippen LogP contribution is -2.12. The Morgan fingerprint density at radius 1 is 1.57 bits per heavy atom. The number of carbonyl (C=O) groups excluding carboxylic acids is 1. The third-order valence-electron chi connectivity index (χ3n) is 1.89. The van der Waals surface area contributed by atoms with Crippen molar-refractivity contribution in [2.45, 2.75) is 17.2 Å². The van der Waals surface area contributed by atoms with Gasteiger partial charge in [0.05, 0.1) is 5.38 Å². The standard InChI is InChI=1S/C10H12ClNOS/c1-6(11)10(13)8-4-3-7(14-2)5-9(8)12/h3-6H,12H2,1-2H3. The number of rotatable bonds is 3. The number of anilines is 1. The van der Waals surface area contributed by atoms with Crippen molar-refractivity contribution in [2.75, 3.05) is 12.0 Å². The molecule has 2 N–H and O–H groups in total. The van der Waals surface area contributed by atoms with Gasteiger partial charge in [0.1, 0.15) is 0 Å². The Morgan fingerprint density at radius 3 is 2.64 bits per heavy atom. The average molecular weight is 230 g/mol. The van der Waals surface area contributed by atoms with Crippen LogP contribution in [0.1, 0.15) is 17.3 Å². The number of nitrogen functional groups attached to an aromatic ring is 1. The summed E-state index contributed by atoms with van der Waals surface area (Å²) in [6.07, 6.45) is 1.96. The third-order valence-corrected chi connectivity index (χ3v) is 2.81. The van der Waals surface area contributed by atoms with E-state index in [1.807, 2.05) is 12.3 Å². The summed E-state index contributed by atoms with van der Waals surface area (Å²) in [5.74, 6) is -0.128. The van der Waals surface area contributed by atoms with Gasteiger partial charge in [0, 0.05) is 16.1 Å². The minimum absolute atomic E-state index is 0.128. The Balaban J connectivity index is 3.06. The van der Waals surface area contributed by atoms with E-state index in [9.17, 15) is 4.79 Å². The lowest BCUT2D eigenvalue weighted by Gasteiger charge is -2.07. The molecule has 0 saturated carbocycles. The molecule has 0 saturated heterocycles. The molecule has 1 rings (SSSR count). The molecule has 1 unspecified atom stereocenters. The summed E-state index contributed by atoms with van der Waals surface area (Å²) in [7, 11) is 0. The Kier molecular flexibility index (Phi) is 3.84. The second kappa shape index (κ2) is 4.71. The number of hydrogen-bond acceptors (Lipinski definition) is 3. The first-order chi connectivity index (χ1) is 6.56. The largest absolute Gasteiger partial charge is 0.398 e. The maximum Gasteiger partial charge on any atom is 0.182 e. The van der Waals surface area contributed by atoms with Gasteiger partial charge in [-0.05, 0) is 31.4 Å². The van der Waals surface area contributed by atoms with Crippen molar-refractivity contribution >= 4 is 34.8 Å². The fourth-order valence-electron chi connectivity index (χ4n) is 1.11. The van der Waals surface area contributed by atoms with Gasteiger partial charge in [0.15, 0.2) is 5.78 Å². The number of alkyl halides is 1. The zero-order chi connectivity index (χ0) is 10.7. The number of carbonyl (C=O) groups is 1. The number of benzene rings is 1. The van der Waals surface area contributed by atoms with Gasteiger partial charge in [-0.2, -0.15) is 0 Å². The molecule has 76 valence electrons. The van der Waals surface area contributed by atoms with Crippen LogP contribution in [0.25, 0.3) is 0 Å². The van der Waals surface area contributed by atoms with Crippen molar-refractivity contribution in [1.29, 1.82) is 0 Å². The fraction of sp³-hybridized carbons (Fsp3) is 0.300. The molecule has 14 heavy (non-hydrogen) atoms. The molecule has 0 spiro atoms. The predicted molar refractivity (Wildman–Crippen MR) is 62.3 cm³/mol. The molecule has 0 aromatic heterocycles. The first kappa shape index (κ1) is 11.4. The summed E-state index contributed by atoms with van der Waals surface area (Å²) in [5, 5.41) is -0.530. The Bertz CT molecular complexity index is 352. The molecule has 0 aliphatic rings. The Morgan fingerprint density at radius 2 is 2.21 bits per heavy atom. The first-order valence-corrected chi connectivity index (χ1v) is 5.84. The molecule has 0 bridgehead atoms. The van der Waals surface area contributed by atoms with E-state index >= 15 is 0 Å². The Labute approximate surface area is 92.8 Å². The number of thioether (sulfide) groups is 1. The molecule has 0 amide bonds. The van der Waals surface area contributed by atoms with Gasteiger partial charge in [0.25, 0.3) is 0 Å². The summed E-state index contributed by atoms with van der Waals surface area (Å²) >= 11 is 7.29. The predicted octanol–water partition coefficient (Wildman–Crippen LogP) is 2.80. The van der Waals surface area contributed by atoms with E-state index in [-0.39, 0.29) is 5.78 Å². The zero-order valence-electron chi connectivity index (χ0n) is 8.08. The lowest BCUT2D eigenvalue weighted by molar-refractivity contribution is 0.0992. The second-order valence-electron chi connectivity index (χ2n) is 2.93. The van der Waals surface area contributed by atoms with Gasteiger partial charge >= 0.3 is 0 Å². The number of halogens is 1. The van der Waals surface area contributed by atoms with E-state index in [1.54, 1.807) is 30.8 Å². The molecular formula is C10H12ClNOS. The number of ketones is 1. The molecule has 0 fully saturated rings. The molecule has 1 aromatic rings. The highest BCUT2D eigenvalue weighted by Gasteiger charge is 2.14. The summed E-state index contributed by atoms with van der Waals surface area (Å²) < 4.78 is 0. The molecule has 1 atom stereocenters. The van der Waals surface area contributed by atoms with Crippen molar-refractivity contribution < 1.29 is 4.79 Å². The Hall–Kier alpha value is -0.670. The first-order valence-electron chi connectivity index (χ1n) is 4.18. The topological polar surface area (TPSA) is 43.1 Å². The van der Waals surface area contributed by atoms with Gasteiger partial charge in [0.2, 0.25) is 0 Å². The molecule has 0 radical (unpaired) electrons. The van der Waals surface area contributed by atoms with Crippen LogP contribution in [-0.4, -0.2) is 17.4 Å². The van der Waals surface area contributed by atoms with Crippen LogP contribution >= 0.6 is 23.4 Å². The van der Waals surface area contributed by atoms with Crippen molar-refractivity contribution in [3.05, 3.63) is 23.8 Å². The molecule has 2 nitrogen and oxygen atoms in total. The maximum absolute atomic E-state index is 11.5. The smallest absolute Gasteiger partial charge is 0.182 e. The van der Waals surface area contributed by atoms with E-state index in [4.69, 9.17) is 17.3 Å². The summed E-state index contributed by atoms with van der Waals surface area (Å²) in [4.78, 5) is 12.6. The van der Waals surface area contributed by atoms with Crippen molar-refractivity contribution in [3.8, 4) is 0 Å². The highest BCUT2D eigenvalue weighted by Crippen LogP contribution is 2.22. The van der Waals surface area contributed by atoms with Crippen LogP contribution in [-0.2, 0) is 0 Å². The number of nitrogens with two attached hydrogens (primary N) is 1. The normalized spacial score (nSPS) is 12.5. The van der Waals surface area contributed by atoms with E-state index in [0.29, 0.717) is 11.3 Å². The summed E-state index contributed by atoms with van der Waals surface area (Å²) in [5.41, 5.74) is 6.74. The van der Waals surface area contributed by atoms with Crippen LogP contribution in [0.2, 0.25) is 0 Å². The van der Waals surface area contributed by atoms with E-state index in [2.05, 4.69) is 0 Å². The quantitative estimate of drug-likeness (QED) is 0.375. The molecule has 4 heteroatoms.